The van der Waals surface area contributed by atoms with Crippen molar-refractivity contribution in [3.05, 3.63) is 0 Å². The lowest BCUT2D eigenvalue weighted by molar-refractivity contribution is -0.00000832. The smallest absolute Gasteiger partial charge is 0.120 e. The number of nitrogens with two attached hydrogens (primary N) is 1. The summed E-state index contributed by atoms with van der Waals surface area (Å²) in [6.45, 7) is 6.47. The first-order valence-electron chi connectivity index (χ1n) is 6.94. The highest BCUT2D eigenvalue weighted by molar-refractivity contribution is 7.32. The molecule has 0 radical (unpaired) electrons. The molecule has 0 aromatic rings. The molecule has 20 heavy (non-hydrogen) atoms. The van der Waals surface area contributed by atoms with Crippen LogP contribution < -0.4 is 22.5 Å². The van der Waals surface area contributed by atoms with Gasteiger partial charge in [-0.2, -0.15) is 10.2 Å². The second kappa shape index (κ2) is 14.6. The van der Waals surface area contributed by atoms with E-state index >= 15 is 0 Å². The Morgan fingerprint density at radius 3 is 1.60 bits per heavy atom. The van der Waals surface area contributed by atoms with Gasteiger partial charge in [0.25, 0.3) is 0 Å². The summed E-state index contributed by atoms with van der Waals surface area (Å²) in [5.41, 5.74) is 6.06. The SMILES string of the molecule is CCN(CC(CCOC)(CCOC)CCOC)[PH2+]N.[Br-]. The van der Waals surface area contributed by atoms with E-state index in [9.17, 15) is 0 Å². The third kappa shape index (κ3) is 9.61. The van der Waals surface area contributed by atoms with Gasteiger partial charge in [0, 0.05) is 54.2 Å². The highest BCUT2D eigenvalue weighted by atomic mass is 79.9. The Hall–Kier alpha value is 0.710. The van der Waals surface area contributed by atoms with Gasteiger partial charge in [0.15, 0.2) is 0 Å². The average molecular weight is 375 g/mol. The quantitative estimate of drug-likeness (QED) is 0.402. The third-order valence-electron chi connectivity index (χ3n) is 3.67. The van der Waals surface area contributed by atoms with Crippen molar-refractivity contribution in [2.24, 2.45) is 10.9 Å². The topological polar surface area (TPSA) is 57.0 Å². The van der Waals surface area contributed by atoms with Gasteiger partial charge in [-0.1, -0.05) is 0 Å². The van der Waals surface area contributed by atoms with E-state index < -0.39 is 0 Å². The van der Waals surface area contributed by atoms with Crippen molar-refractivity contribution in [2.45, 2.75) is 26.2 Å². The predicted molar refractivity (Wildman–Crippen MR) is 83.1 cm³/mol. The van der Waals surface area contributed by atoms with Gasteiger partial charge in [-0.05, 0) is 31.6 Å². The molecular formula is C13H32BrN2O3P. The summed E-state index contributed by atoms with van der Waals surface area (Å²) >= 11 is 0. The van der Waals surface area contributed by atoms with Gasteiger partial charge in [0.05, 0.1) is 0 Å². The molecule has 1 unspecified atom stereocenters. The Bertz CT molecular complexity index is 188. The first-order valence-corrected chi connectivity index (χ1v) is 8.12. The van der Waals surface area contributed by atoms with E-state index in [4.69, 9.17) is 19.7 Å². The van der Waals surface area contributed by atoms with E-state index in [0.717, 1.165) is 52.2 Å². The molecule has 1 atom stereocenters. The number of rotatable bonds is 13. The lowest BCUT2D eigenvalue weighted by Gasteiger charge is -2.35. The molecule has 7 heteroatoms. The van der Waals surface area contributed by atoms with Crippen molar-refractivity contribution < 1.29 is 31.2 Å². The molecule has 0 aliphatic heterocycles. The minimum absolute atomic E-state index is 0. The Balaban J connectivity index is 0. The highest BCUT2D eigenvalue weighted by Crippen LogP contribution is 2.34. The Morgan fingerprint density at radius 2 is 1.35 bits per heavy atom. The summed E-state index contributed by atoms with van der Waals surface area (Å²) < 4.78 is 18.2. The number of hydrogen-bond acceptors (Lipinski definition) is 5. The second-order valence-electron chi connectivity index (χ2n) is 4.94. The zero-order valence-corrected chi connectivity index (χ0v) is 16.1. The van der Waals surface area contributed by atoms with Crippen molar-refractivity contribution in [1.82, 2.24) is 4.67 Å². The van der Waals surface area contributed by atoms with Crippen LogP contribution in [-0.4, -0.2) is 58.9 Å². The number of ether oxygens (including phenoxy) is 3. The summed E-state index contributed by atoms with van der Waals surface area (Å²) in [5, 5.41) is 0. The highest BCUT2D eigenvalue weighted by Gasteiger charge is 2.32. The number of nitrogens with zero attached hydrogens (tertiary/aromatic N) is 1. The zero-order chi connectivity index (χ0) is 14.6. The third-order valence-corrected chi connectivity index (χ3v) is 4.63. The van der Waals surface area contributed by atoms with Crippen LogP contribution in [0.2, 0.25) is 0 Å². The summed E-state index contributed by atoms with van der Waals surface area (Å²) in [5.74, 6) is 0. The molecule has 0 saturated heterocycles. The Kier molecular flexibility index (Phi) is 16.8. The lowest BCUT2D eigenvalue weighted by atomic mass is 9.78. The standard InChI is InChI=1S/C13H31N2O3P.BrH/c1-5-15(19-14)12-13(6-9-16-2,7-10-17-3)8-11-18-4;/h19H,5-12,14H2,1-4H3;1H. The maximum atomic E-state index is 5.89. The fourth-order valence-electron chi connectivity index (χ4n) is 2.27. The summed E-state index contributed by atoms with van der Waals surface area (Å²) in [4.78, 5) is 0. The van der Waals surface area contributed by atoms with Gasteiger partial charge in [0.1, 0.15) is 8.88 Å². The van der Waals surface area contributed by atoms with Crippen LogP contribution in [0.5, 0.6) is 0 Å². The molecule has 124 valence electrons. The van der Waals surface area contributed by atoms with Gasteiger partial charge in [0.2, 0.25) is 0 Å². The van der Waals surface area contributed by atoms with E-state index in [1.165, 1.54) is 0 Å². The Morgan fingerprint density at radius 1 is 0.950 bits per heavy atom. The largest absolute Gasteiger partial charge is 1.00 e. The van der Waals surface area contributed by atoms with Crippen molar-refractivity contribution in [1.29, 1.82) is 0 Å². The molecule has 0 saturated carbocycles. The number of methoxy groups -OCH3 is 3. The minimum Gasteiger partial charge on any atom is -1.00 e. The second-order valence-corrected chi connectivity index (χ2v) is 5.97. The predicted octanol–water partition coefficient (Wildman–Crippen LogP) is -1.39. The first kappa shape index (κ1) is 23.0. The molecule has 0 rings (SSSR count). The molecule has 0 amide bonds. The van der Waals surface area contributed by atoms with Crippen molar-refractivity contribution in [3.8, 4) is 0 Å². The summed E-state index contributed by atoms with van der Waals surface area (Å²) in [7, 11) is 5.13. The minimum atomic E-state index is -0.131. The van der Waals surface area contributed by atoms with Gasteiger partial charge >= 0.3 is 0 Å². The normalized spacial score (nSPS) is 12.3. The fraction of sp³-hybridized carbons (Fsp3) is 1.00. The van der Waals surface area contributed by atoms with Crippen molar-refractivity contribution in [2.75, 3.05) is 54.2 Å². The number of hydrogen-bond donors (Lipinski definition) is 1. The van der Waals surface area contributed by atoms with E-state index in [2.05, 4.69) is 11.6 Å². The van der Waals surface area contributed by atoms with E-state index in [0.29, 0.717) is 0 Å². The van der Waals surface area contributed by atoms with Crippen LogP contribution in [0.15, 0.2) is 0 Å². The van der Waals surface area contributed by atoms with Crippen LogP contribution in [0, 0.1) is 5.41 Å². The summed E-state index contributed by atoms with van der Waals surface area (Å²) in [6.07, 6.45) is 3.06. The summed E-state index contributed by atoms with van der Waals surface area (Å²) in [6, 6.07) is 0. The van der Waals surface area contributed by atoms with Gasteiger partial charge in [-0.3, -0.25) is 0 Å². The molecule has 0 aliphatic carbocycles. The van der Waals surface area contributed by atoms with E-state index in [1.807, 2.05) is 0 Å². The van der Waals surface area contributed by atoms with Crippen LogP contribution in [0.25, 0.3) is 0 Å². The zero-order valence-electron chi connectivity index (χ0n) is 13.4. The molecule has 0 spiro atoms. The molecule has 0 fully saturated rings. The first-order chi connectivity index (χ1) is 9.17. The van der Waals surface area contributed by atoms with Crippen molar-refractivity contribution >= 4 is 8.88 Å². The van der Waals surface area contributed by atoms with Gasteiger partial charge in [-0.25, -0.2) is 0 Å². The van der Waals surface area contributed by atoms with Crippen LogP contribution in [0.4, 0.5) is 0 Å². The van der Waals surface area contributed by atoms with Gasteiger partial charge < -0.3 is 31.2 Å². The Labute approximate surface area is 136 Å². The van der Waals surface area contributed by atoms with Crippen LogP contribution in [0.1, 0.15) is 26.2 Å². The van der Waals surface area contributed by atoms with Gasteiger partial charge in [-0.15, -0.1) is 0 Å². The maximum absolute atomic E-state index is 5.89. The van der Waals surface area contributed by atoms with E-state index in [1.54, 1.807) is 21.3 Å². The molecule has 2 N–H and O–H groups in total. The van der Waals surface area contributed by atoms with Crippen LogP contribution in [-0.2, 0) is 14.2 Å². The fourth-order valence-corrected chi connectivity index (χ4v) is 2.97. The average Bonchev–Trinajstić information content (AvgIpc) is 2.45. The lowest BCUT2D eigenvalue weighted by Crippen LogP contribution is -3.00. The molecule has 0 bridgehead atoms. The van der Waals surface area contributed by atoms with Crippen molar-refractivity contribution in [3.63, 3.8) is 0 Å². The molecule has 0 aliphatic rings. The van der Waals surface area contributed by atoms with E-state index in [-0.39, 0.29) is 31.3 Å². The monoisotopic (exact) mass is 374 g/mol. The molecule has 0 aromatic carbocycles. The van der Waals surface area contributed by atoms with Crippen LogP contribution >= 0.6 is 8.88 Å². The molecule has 0 heterocycles. The maximum Gasteiger partial charge on any atom is 0.120 e. The molecular weight excluding hydrogens is 343 g/mol. The van der Waals surface area contributed by atoms with Crippen LogP contribution in [0.3, 0.4) is 0 Å². The molecule has 5 nitrogen and oxygen atoms in total. The number of halogens is 1. The molecule has 0 aromatic heterocycles.